The van der Waals surface area contributed by atoms with Crippen LogP contribution >= 0.6 is 0 Å². The van der Waals surface area contributed by atoms with E-state index in [1.165, 1.54) is 5.56 Å². The van der Waals surface area contributed by atoms with Crippen LogP contribution in [0.15, 0.2) is 42.7 Å². The summed E-state index contributed by atoms with van der Waals surface area (Å²) < 4.78 is 14.1. The zero-order valence-corrected chi connectivity index (χ0v) is 13.7. The summed E-state index contributed by atoms with van der Waals surface area (Å²) >= 11 is 0. The normalized spacial score (nSPS) is 15.4. The van der Waals surface area contributed by atoms with E-state index in [1.807, 2.05) is 35.0 Å². The Morgan fingerprint density at radius 1 is 1.26 bits per heavy atom. The van der Waals surface area contributed by atoms with Gasteiger partial charge < -0.3 is 13.9 Å². The maximum Gasteiger partial charge on any atom is 0.165 e. The number of benzene rings is 1. The van der Waals surface area contributed by atoms with Gasteiger partial charge in [-0.25, -0.2) is 4.98 Å². The number of imidazole rings is 1. The highest BCUT2D eigenvalue weighted by atomic mass is 16.5. The van der Waals surface area contributed by atoms with Crippen molar-refractivity contribution in [1.82, 2.24) is 9.38 Å². The summed E-state index contributed by atoms with van der Waals surface area (Å²) in [5.74, 6) is 1.67. The first-order valence-electron chi connectivity index (χ1n) is 7.89. The van der Waals surface area contributed by atoms with Gasteiger partial charge in [0.25, 0.3) is 0 Å². The maximum absolute atomic E-state index is 6.04. The Morgan fingerprint density at radius 3 is 2.96 bits per heavy atom. The quantitative estimate of drug-likeness (QED) is 0.735. The molecule has 0 radical (unpaired) electrons. The zero-order valence-electron chi connectivity index (χ0n) is 13.7. The second-order valence-electron chi connectivity index (χ2n) is 6.73. The van der Waals surface area contributed by atoms with Crippen molar-refractivity contribution in [2.24, 2.45) is 0 Å². The summed E-state index contributed by atoms with van der Waals surface area (Å²) in [6, 6.07) is 10.2. The van der Waals surface area contributed by atoms with Crippen LogP contribution in [0.3, 0.4) is 0 Å². The molecule has 0 aliphatic carbocycles. The fourth-order valence-corrected chi connectivity index (χ4v) is 3.13. The molecule has 0 atom stereocenters. The highest BCUT2D eigenvalue weighted by Crippen LogP contribution is 2.41. The van der Waals surface area contributed by atoms with Gasteiger partial charge in [0.05, 0.1) is 5.69 Å². The Labute approximate surface area is 135 Å². The molecule has 118 valence electrons. The topological polar surface area (TPSA) is 35.8 Å². The average molecular weight is 308 g/mol. The van der Waals surface area contributed by atoms with Gasteiger partial charge in [-0.15, -0.1) is 0 Å². The summed E-state index contributed by atoms with van der Waals surface area (Å²) in [6.07, 6.45) is 4.92. The van der Waals surface area contributed by atoms with Crippen molar-refractivity contribution in [3.05, 3.63) is 59.5 Å². The van der Waals surface area contributed by atoms with E-state index in [-0.39, 0.29) is 5.60 Å². The van der Waals surface area contributed by atoms with Crippen LogP contribution in [0.4, 0.5) is 0 Å². The van der Waals surface area contributed by atoms with Gasteiger partial charge in [0.15, 0.2) is 11.5 Å². The molecule has 4 heteroatoms. The van der Waals surface area contributed by atoms with Crippen molar-refractivity contribution in [3.8, 4) is 11.5 Å². The van der Waals surface area contributed by atoms with E-state index in [9.17, 15) is 0 Å². The fourth-order valence-electron chi connectivity index (χ4n) is 3.13. The first kappa shape index (κ1) is 14.1. The molecule has 1 aliphatic heterocycles. The minimum atomic E-state index is -0.165. The Hall–Kier alpha value is -2.49. The van der Waals surface area contributed by atoms with E-state index < -0.39 is 0 Å². The van der Waals surface area contributed by atoms with Crippen LogP contribution in [-0.4, -0.2) is 15.0 Å². The molecular formula is C19H20N2O2. The summed E-state index contributed by atoms with van der Waals surface area (Å²) in [5.41, 5.74) is 4.08. The molecule has 3 aromatic rings. The largest absolute Gasteiger partial charge is 0.483 e. The highest BCUT2D eigenvalue weighted by molar-refractivity contribution is 5.50. The first-order valence-corrected chi connectivity index (χ1v) is 7.89. The SMILES string of the molecule is Cc1cccn2cc(COc3cccc4c3OC(C)(C)C4)nc12. The molecule has 1 aliphatic rings. The lowest BCUT2D eigenvalue weighted by Crippen LogP contribution is -2.24. The summed E-state index contributed by atoms with van der Waals surface area (Å²) in [4.78, 5) is 4.65. The Morgan fingerprint density at radius 2 is 2.13 bits per heavy atom. The van der Waals surface area contributed by atoms with Gasteiger partial charge in [-0.2, -0.15) is 0 Å². The summed E-state index contributed by atoms with van der Waals surface area (Å²) in [7, 11) is 0. The number of fused-ring (bicyclic) bond motifs is 2. The minimum absolute atomic E-state index is 0.165. The van der Waals surface area contributed by atoms with Gasteiger partial charge in [0.2, 0.25) is 0 Å². The molecule has 0 fully saturated rings. The van der Waals surface area contributed by atoms with E-state index >= 15 is 0 Å². The molecule has 0 saturated heterocycles. The molecule has 0 unspecified atom stereocenters. The van der Waals surface area contributed by atoms with E-state index in [1.54, 1.807) is 0 Å². The third-order valence-corrected chi connectivity index (χ3v) is 4.16. The van der Waals surface area contributed by atoms with Gasteiger partial charge >= 0.3 is 0 Å². The van der Waals surface area contributed by atoms with Gasteiger partial charge in [-0.1, -0.05) is 18.2 Å². The lowest BCUT2D eigenvalue weighted by Gasteiger charge is -2.18. The molecule has 0 N–H and O–H groups in total. The molecule has 4 nitrogen and oxygen atoms in total. The molecule has 23 heavy (non-hydrogen) atoms. The number of para-hydroxylation sites is 1. The number of nitrogens with zero attached hydrogens (tertiary/aromatic N) is 2. The molecule has 1 aromatic carbocycles. The van der Waals surface area contributed by atoms with Crippen molar-refractivity contribution in [2.75, 3.05) is 0 Å². The summed E-state index contributed by atoms with van der Waals surface area (Å²) in [6.45, 7) is 6.69. The standard InChI is InChI=1S/C19H20N2O2/c1-13-6-5-9-21-11-15(20-18(13)21)12-22-16-8-4-7-14-10-19(2,3)23-17(14)16/h4-9,11H,10,12H2,1-3H3. The minimum Gasteiger partial charge on any atom is -0.483 e. The summed E-state index contributed by atoms with van der Waals surface area (Å²) in [5, 5.41) is 0. The fraction of sp³-hybridized carbons (Fsp3) is 0.316. The van der Waals surface area contributed by atoms with Gasteiger partial charge in [-0.05, 0) is 38.5 Å². The van der Waals surface area contributed by atoms with Crippen LogP contribution in [0.25, 0.3) is 5.65 Å². The maximum atomic E-state index is 6.04. The Balaban J connectivity index is 1.58. The van der Waals surface area contributed by atoms with E-state index in [0.29, 0.717) is 6.61 Å². The van der Waals surface area contributed by atoms with E-state index in [4.69, 9.17) is 9.47 Å². The van der Waals surface area contributed by atoms with Crippen LogP contribution in [0.2, 0.25) is 0 Å². The molecule has 0 saturated carbocycles. The van der Waals surface area contributed by atoms with Crippen molar-refractivity contribution in [2.45, 2.75) is 39.4 Å². The molecule has 2 aromatic heterocycles. The van der Waals surface area contributed by atoms with Crippen molar-refractivity contribution >= 4 is 5.65 Å². The zero-order chi connectivity index (χ0) is 16.0. The monoisotopic (exact) mass is 308 g/mol. The van der Waals surface area contributed by atoms with Gasteiger partial charge in [-0.3, -0.25) is 0 Å². The number of aromatic nitrogens is 2. The average Bonchev–Trinajstić information content (AvgIpc) is 3.05. The molecule has 0 bridgehead atoms. The van der Waals surface area contributed by atoms with Crippen LogP contribution in [-0.2, 0) is 13.0 Å². The van der Waals surface area contributed by atoms with Crippen molar-refractivity contribution in [3.63, 3.8) is 0 Å². The van der Waals surface area contributed by atoms with Crippen molar-refractivity contribution < 1.29 is 9.47 Å². The molecule has 4 rings (SSSR count). The Kier molecular flexibility index (Phi) is 3.08. The molecule has 0 spiro atoms. The van der Waals surface area contributed by atoms with Crippen molar-refractivity contribution in [1.29, 1.82) is 0 Å². The van der Waals surface area contributed by atoms with Gasteiger partial charge in [0.1, 0.15) is 17.9 Å². The predicted octanol–water partition coefficient (Wildman–Crippen LogP) is 3.94. The van der Waals surface area contributed by atoms with E-state index in [2.05, 4.69) is 37.9 Å². The first-order chi connectivity index (χ1) is 11.0. The lowest BCUT2D eigenvalue weighted by atomic mass is 10.0. The lowest BCUT2D eigenvalue weighted by molar-refractivity contribution is 0.131. The number of ether oxygens (including phenoxy) is 2. The van der Waals surface area contributed by atoms with Crippen LogP contribution in [0, 0.1) is 6.92 Å². The molecule has 0 amide bonds. The smallest absolute Gasteiger partial charge is 0.165 e. The second-order valence-corrected chi connectivity index (χ2v) is 6.73. The van der Waals surface area contributed by atoms with Crippen LogP contribution in [0.1, 0.15) is 30.7 Å². The van der Waals surface area contributed by atoms with Gasteiger partial charge in [0, 0.05) is 24.4 Å². The number of rotatable bonds is 3. The van der Waals surface area contributed by atoms with E-state index in [0.717, 1.165) is 34.8 Å². The second kappa shape index (κ2) is 5.01. The highest BCUT2D eigenvalue weighted by Gasteiger charge is 2.32. The molecule has 3 heterocycles. The number of hydrogen-bond acceptors (Lipinski definition) is 3. The number of pyridine rings is 1. The Bertz CT molecular complexity index is 880. The van der Waals surface area contributed by atoms with Crippen LogP contribution < -0.4 is 9.47 Å². The van der Waals surface area contributed by atoms with Crippen LogP contribution in [0.5, 0.6) is 11.5 Å². The predicted molar refractivity (Wildman–Crippen MR) is 89.1 cm³/mol. The third-order valence-electron chi connectivity index (χ3n) is 4.16. The molecular weight excluding hydrogens is 288 g/mol. The number of hydrogen-bond donors (Lipinski definition) is 0. The number of aryl methyl sites for hydroxylation is 1. The third kappa shape index (κ3) is 2.54.